The number of amides is 1. The van der Waals surface area contributed by atoms with Crippen LogP contribution in [0.25, 0.3) is 0 Å². The lowest BCUT2D eigenvalue weighted by Gasteiger charge is -2.06. The number of benzene rings is 1. The smallest absolute Gasteiger partial charge is 0.251 e. The van der Waals surface area contributed by atoms with Crippen LogP contribution in [0.1, 0.15) is 126 Å². The summed E-state index contributed by atoms with van der Waals surface area (Å²) in [5.41, 5.74) is 0.606. The maximum absolute atomic E-state index is 12.0. The van der Waals surface area contributed by atoms with Crippen molar-refractivity contribution in [2.75, 3.05) is 18.1 Å². The van der Waals surface area contributed by atoms with Crippen molar-refractivity contribution >= 4 is 17.7 Å². The van der Waals surface area contributed by atoms with Gasteiger partial charge in [-0.25, -0.2) is 0 Å². The average Bonchev–Trinajstić information content (AvgIpc) is 2.80. The second kappa shape index (κ2) is 21.7. The molecule has 2 N–H and O–H groups in total. The van der Waals surface area contributed by atoms with Crippen LogP contribution in [0.4, 0.5) is 0 Å². The molecule has 184 valence electrons. The van der Waals surface area contributed by atoms with E-state index in [0.29, 0.717) is 5.56 Å². The lowest BCUT2D eigenvalue weighted by Crippen LogP contribution is -2.24. The predicted molar refractivity (Wildman–Crippen MR) is 142 cm³/mol. The van der Waals surface area contributed by atoms with E-state index in [9.17, 15) is 9.90 Å². The van der Waals surface area contributed by atoms with Gasteiger partial charge in [0.15, 0.2) is 0 Å². The standard InChI is InChI=1S/C28H49NO2S/c1-2-3-4-5-6-11-14-17-24-32-25-18-15-12-9-7-8-10-13-16-23-29-28(31)26-19-21-27(30)22-20-26/h19-22,30H,2-18,23-25H2,1H3,(H,29,31). The Bertz CT molecular complexity index is 547. The van der Waals surface area contributed by atoms with Crippen molar-refractivity contribution in [3.63, 3.8) is 0 Å². The zero-order valence-corrected chi connectivity index (χ0v) is 21.5. The highest BCUT2D eigenvalue weighted by atomic mass is 32.2. The van der Waals surface area contributed by atoms with E-state index in [2.05, 4.69) is 24.0 Å². The summed E-state index contributed by atoms with van der Waals surface area (Å²) in [6.07, 6.45) is 23.1. The van der Waals surface area contributed by atoms with E-state index >= 15 is 0 Å². The summed E-state index contributed by atoms with van der Waals surface area (Å²) in [4.78, 5) is 12.0. The molecule has 0 spiro atoms. The van der Waals surface area contributed by atoms with Crippen molar-refractivity contribution in [3.05, 3.63) is 29.8 Å². The number of hydrogen-bond donors (Lipinski definition) is 2. The summed E-state index contributed by atoms with van der Waals surface area (Å²) < 4.78 is 0. The SMILES string of the molecule is CCCCCCCCCCSCCCCCCCCCCCNC(=O)c1ccc(O)cc1. The number of phenols is 1. The highest BCUT2D eigenvalue weighted by molar-refractivity contribution is 7.99. The maximum atomic E-state index is 12.0. The van der Waals surface area contributed by atoms with Crippen LogP contribution in [0, 0.1) is 0 Å². The predicted octanol–water partition coefficient (Wildman–Crippen LogP) is 8.51. The molecule has 0 saturated heterocycles. The van der Waals surface area contributed by atoms with Gasteiger partial charge in [0.25, 0.3) is 5.91 Å². The van der Waals surface area contributed by atoms with E-state index < -0.39 is 0 Å². The van der Waals surface area contributed by atoms with Crippen LogP contribution >= 0.6 is 11.8 Å². The molecular weight excluding hydrogens is 414 g/mol. The zero-order chi connectivity index (χ0) is 23.1. The Morgan fingerprint density at radius 1 is 0.688 bits per heavy atom. The van der Waals surface area contributed by atoms with E-state index in [0.717, 1.165) is 13.0 Å². The van der Waals surface area contributed by atoms with E-state index in [1.54, 1.807) is 24.3 Å². The van der Waals surface area contributed by atoms with E-state index in [1.807, 2.05) is 0 Å². The average molecular weight is 464 g/mol. The monoisotopic (exact) mass is 463 g/mol. The van der Waals surface area contributed by atoms with Crippen molar-refractivity contribution in [1.29, 1.82) is 0 Å². The fourth-order valence-electron chi connectivity index (χ4n) is 3.92. The second-order valence-electron chi connectivity index (χ2n) is 9.07. The van der Waals surface area contributed by atoms with Gasteiger partial charge in [-0.2, -0.15) is 11.8 Å². The van der Waals surface area contributed by atoms with Crippen LogP contribution in [0.3, 0.4) is 0 Å². The molecule has 4 heteroatoms. The summed E-state index contributed by atoms with van der Waals surface area (Å²) in [6, 6.07) is 6.40. The van der Waals surface area contributed by atoms with Crippen LogP contribution < -0.4 is 5.32 Å². The molecule has 0 aliphatic heterocycles. The van der Waals surface area contributed by atoms with Crippen molar-refractivity contribution < 1.29 is 9.90 Å². The second-order valence-corrected chi connectivity index (χ2v) is 10.3. The minimum absolute atomic E-state index is 0.0547. The number of rotatable bonds is 22. The molecule has 0 aromatic heterocycles. The van der Waals surface area contributed by atoms with E-state index in [-0.39, 0.29) is 11.7 Å². The third-order valence-corrected chi connectivity index (χ3v) is 7.18. The summed E-state index contributed by atoms with van der Waals surface area (Å²) >= 11 is 2.16. The van der Waals surface area contributed by atoms with Gasteiger partial charge in [0, 0.05) is 12.1 Å². The molecule has 1 amide bonds. The molecule has 1 rings (SSSR count). The van der Waals surface area contributed by atoms with Gasteiger partial charge in [0.2, 0.25) is 0 Å². The number of hydrogen-bond acceptors (Lipinski definition) is 3. The number of nitrogens with one attached hydrogen (secondary N) is 1. The molecule has 0 bridgehead atoms. The summed E-state index contributed by atoms with van der Waals surface area (Å²) in [5, 5.41) is 12.2. The number of carbonyl (C=O) groups is 1. The highest BCUT2D eigenvalue weighted by Gasteiger charge is 2.04. The minimum atomic E-state index is -0.0547. The minimum Gasteiger partial charge on any atom is -0.508 e. The molecule has 0 atom stereocenters. The molecular formula is C28H49NO2S. The Hall–Kier alpha value is -1.16. The first-order valence-electron chi connectivity index (χ1n) is 13.4. The Labute approximate surface area is 202 Å². The zero-order valence-electron chi connectivity index (χ0n) is 20.7. The molecule has 0 unspecified atom stereocenters. The van der Waals surface area contributed by atoms with Gasteiger partial charge in [0.05, 0.1) is 0 Å². The normalized spacial score (nSPS) is 11.0. The molecule has 0 heterocycles. The van der Waals surface area contributed by atoms with Gasteiger partial charge in [-0.05, 0) is 55.0 Å². The van der Waals surface area contributed by atoms with Crippen LogP contribution in [-0.4, -0.2) is 29.1 Å². The number of thioether (sulfide) groups is 1. The molecule has 1 aromatic carbocycles. The lowest BCUT2D eigenvalue weighted by molar-refractivity contribution is 0.0953. The summed E-state index contributed by atoms with van der Waals surface area (Å²) in [6.45, 7) is 3.02. The van der Waals surface area contributed by atoms with Crippen molar-refractivity contribution in [2.24, 2.45) is 0 Å². The maximum Gasteiger partial charge on any atom is 0.251 e. The molecule has 0 radical (unpaired) electrons. The van der Waals surface area contributed by atoms with Crippen molar-refractivity contribution in [1.82, 2.24) is 5.32 Å². The molecule has 0 fully saturated rings. The molecule has 0 aliphatic rings. The third kappa shape index (κ3) is 17.4. The molecule has 0 aliphatic carbocycles. The van der Waals surface area contributed by atoms with Crippen molar-refractivity contribution in [2.45, 2.75) is 116 Å². The number of unbranched alkanes of at least 4 members (excludes halogenated alkanes) is 15. The summed E-state index contributed by atoms with van der Waals surface area (Å²) in [5.74, 6) is 2.85. The third-order valence-electron chi connectivity index (χ3n) is 6.02. The van der Waals surface area contributed by atoms with Gasteiger partial charge in [-0.3, -0.25) is 4.79 Å². The molecule has 32 heavy (non-hydrogen) atoms. The fraction of sp³-hybridized carbons (Fsp3) is 0.750. The largest absolute Gasteiger partial charge is 0.508 e. The first-order valence-corrected chi connectivity index (χ1v) is 14.5. The van der Waals surface area contributed by atoms with Gasteiger partial charge in [-0.15, -0.1) is 0 Å². The topological polar surface area (TPSA) is 49.3 Å². The van der Waals surface area contributed by atoms with Crippen LogP contribution in [0.15, 0.2) is 24.3 Å². The van der Waals surface area contributed by atoms with Gasteiger partial charge >= 0.3 is 0 Å². The Balaban J connectivity index is 1.73. The van der Waals surface area contributed by atoms with E-state index in [4.69, 9.17) is 0 Å². The number of phenolic OH excluding ortho intramolecular Hbond substituents is 1. The van der Waals surface area contributed by atoms with Gasteiger partial charge < -0.3 is 10.4 Å². The summed E-state index contributed by atoms with van der Waals surface area (Å²) in [7, 11) is 0. The van der Waals surface area contributed by atoms with Crippen molar-refractivity contribution in [3.8, 4) is 5.75 Å². The molecule has 3 nitrogen and oxygen atoms in total. The first-order chi connectivity index (χ1) is 15.7. The first kappa shape index (κ1) is 28.9. The number of carbonyl (C=O) groups excluding carboxylic acids is 1. The van der Waals surface area contributed by atoms with Crippen LogP contribution in [-0.2, 0) is 0 Å². The quantitative estimate of drug-likeness (QED) is 0.169. The van der Waals surface area contributed by atoms with Crippen LogP contribution in [0.5, 0.6) is 5.75 Å². The number of aromatic hydroxyl groups is 1. The fourth-order valence-corrected chi connectivity index (χ4v) is 4.94. The van der Waals surface area contributed by atoms with Gasteiger partial charge in [0.1, 0.15) is 5.75 Å². The van der Waals surface area contributed by atoms with E-state index in [1.165, 1.54) is 114 Å². The van der Waals surface area contributed by atoms with Gasteiger partial charge in [-0.1, -0.05) is 96.8 Å². The highest BCUT2D eigenvalue weighted by Crippen LogP contribution is 2.15. The Morgan fingerprint density at radius 2 is 1.12 bits per heavy atom. The Morgan fingerprint density at radius 3 is 1.62 bits per heavy atom. The Kier molecular flexibility index (Phi) is 19.6. The van der Waals surface area contributed by atoms with Crippen LogP contribution in [0.2, 0.25) is 0 Å². The lowest BCUT2D eigenvalue weighted by atomic mass is 10.1. The molecule has 0 saturated carbocycles. The molecule has 1 aromatic rings.